The number of methoxy groups -OCH3 is 1. The molecule has 0 aliphatic carbocycles. The number of benzene rings is 1. The van der Waals surface area contributed by atoms with Gasteiger partial charge in [0, 0.05) is 13.2 Å². The van der Waals surface area contributed by atoms with E-state index in [1.54, 1.807) is 11.8 Å². The largest absolute Gasteiger partial charge is 0.494 e. The van der Waals surface area contributed by atoms with E-state index in [1.165, 1.54) is 0 Å². The first-order valence-corrected chi connectivity index (χ1v) is 5.96. The number of aromatic nitrogens is 4. The van der Waals surface area contributed by atoms with Crippen LogP contribution in [-0.4, -0.2) is 26.4 Å². The molecule has 3 aromatic rings. The quantitative estimate of drug-likeness (QED) is 0.770. The van der Waals surface area contributed by atoms with Gasteiger partial charge in [-0.15, -0.1) is 0 Å². The molecule has 2 aromatic heterocycles. The number of ether oxygens (including phenoxy) is 1. The summed E-state index contributed by atoms with van der Waals surface area (Å²) in [6.07, 6.45) is 1.91. The summed E-state index contributed by atoms with van der Waals surface area (Å²) < 4.78 is 9.00. The van der Waals surface area contributed by atoms with Crippen LogP contribution in [0.3, 0.4) is 0 Å². The van der Waals surface area contributed by atoms with Crippen molar-refractivity contribution in [3.63, 3.8) is 0 Å². The average Bonchev–Trinajstić information content (AvgIpc) is 2.94. The maximum atomic E-state index is 5.99. The Morgan fingerprint density at radius 1 is 1.32 bits per heavy atom. The fourth-order valence-corrected chi connectivity index (χ4v) is 2.18. The SMILES string of the molecule is COc1cccc2c1nc(N)n2Cc1ccn(C)n1. The first kappa shape index (κ1) is 11.6. The third kappa shape index (κ3) is 1.91. The molecule has 0 spiro atoms. The molecule has 0 bridgehead atoms. The van der Waals surface area contributed by atoms with Gasteiger partial charge in [0.1, 0.15) is 11.3 Å². The van der Waals surface area contributed by atoms with Crippen molar-refractivity contribution in [1.29, 1.82) is 0 Å². The summed E-state index contributed by atoms with van der Waals surface area (Å²) in [7, 11) is 3.52. The molecule has 98 valence electrons. The number of imidazole rings is 1. The Bertz CT molecular complexity index is 728. The number of aryl methyl sites for hydroxylation is 1. The molecule has 0 amide bonds. The van der Waals surface area contributed by atoms with Gasteiger partial charge in [-0.05, 0) is 18.2 Å². The van der Waals surface area contributed by atoms with E-state index in [4.69, 9.17) is 10.5 Å². The number of rotatable bonds is 3. The van der Waals surface area contributed by atoms with Crippen LogP contribution in [0.1, 0.15) is 5.69 Å². The van der Waals surface area contributed by atoms with E-state index in [0.717, 1.165) is 22.5 Å². The van der Waals surface area contributed by atoms with Crippen LogP contribution >= 0.6 is 0 Å². The highest BCUT2D eigenvalue weighted by Gasteiger charge is 2.12. The zero-order valence-electron chi connectivity index (χ0n) is 10.9. The number of fused-ring (bicyclic) bond motifs is 1. The van der Waals surface area contributed by atoms with Crippen molar-refractivity contribution in [3.8, 4) is 5.75 Å². The van der Waals surface area contributed by atoms with Crippen LogP contribution in [0.15, 0.2) is 30.5 Å². The van der Waals surface area contributed by atoms with Gasteiger partial charge in [-0.1, -0.05) is 6.07 Å². The van der Waals surface area contributed by atoms with E-state index in [9.17, 15) is 0 Å². The topological polar surface area (TPSA) is 70.9 Å². The maximum absolute atomic E-state index is 5.99. The van der Waals surface area contributed by atoms with Crippen LogP contribution in [0, 0.1) is 0 Å². The van der Waals surface area contributed by atoms with Crippen molar-refractivity contribution in [2.75, 3.05) is 12.8 Å². The standard InChI is InChI=1S/C13H15N5O/c1-17-7-6-9(16-17)8-18-10-4-3-5-11(19-2)12(10)15-13(18)14/h3-7H,8H2,1-2H3,(H2,14,15). The number of hydrogen-bond acceptors (Lipinski definition) is 4. The molecule has 0 aliphatic rings. The van der Waals surface area contributed by atoms with Gasteiger partial charge >= 0.3 is 0 Å². The van der Waals surface area contributed by atoms with Crippen LogP contribution in [0.2, 0.25) is 0 Å². The van der Waals surface area contributed by atoms with Crippen molar-refractivity contribution < 1.29 is 4.74 Å². The lowest BCUT2D eigenvalue weighted by Crippen LogP contribution is -2.05. The number of nitrogens with two attached hydrogens (primary N) is 1. The Labute approximate surface area is 110 Å². The molecule has 0 unspecified atom stereocenters. The van der Waals surface area contributed by atoms with Crippen molar-refractivity contribution in [2.45, 2.75) is 6.54 Å². The Morgan fingerprint density at radius 2 is 2.16 bits per heavy atom. The second-order valence-electron chi connectivity index (χ2n) is 4.36. The summed E-state index contributed by atoms with van der Waals surface area (Å²) in [4.78, 5) is 4.37. The van der Waals surface area contributed by atoms with Crippen LogP contribution in [0.4, 0.5) is 5.95 Å². The molecule has 2 heterocycles. The summed E-state index contributed by atoms with van der Waals surface area (Å²) in [5.74, 6) is 1.19. The minimum Gasteiger partial charge on any atom is -0.494 e. The zero-order chi connectivity index (χ0) is 13.4. The summed E-state index contributed by atoms with van der Waals surface area (Å²) in [6, 6.07) is 7.74. The Morgan fingerprint density at radius 3 is 2.84 bits per heavy atom. The molecular formula is C13H15N5O. The predicted octanol–water partition coefficient (Wildman–Crippen LogP) is 1.41. The lowest BCUT2D eigenvalue weighted by molar-refractivity contribution is 0.419. The lowest BCUT2D eigenvalue weighted by Gasteiger charge is -2.04. The molecule has 6 heteroatoms. The van der Waals surface area contributed by atoms with Gasteiger partial charge in [-0.25, -0.2) is 4.98 Å². The smallest absolute Gasteiger partial charge is 0.201 e. The van der Waals surface area contributed by atoms with Gasteiger partial charge in [-0.2, -0.15) is 5.10 Å². The summed E-state index contributed by atoms with van der Waals surface area (Å²) in [5.41, 5.74) is 8.66. The van der Waals surface area contributed by atoms with E-state index < -0.39 is 0 Å². The third-order valence-electron chi connectivity index (χ3n) is 3.08. The van der Waals surface area contributed by atoms with Crippen molar-refractivity contribution >= 4 is 17.0 Å². The van der Waals surface area contributed by atoms with E-state index in [0.29, 0.717) is 12.5 Å². The molecule has 1 aromatic carbocycles. The summed E-state index contributed by atoms with van der Waals surface area (Å²) in [5, 5.41) is 4.36. The normalized spacial score (nSPS) is 11.1. The van der Waals surface area contributed by atoms with E-state index in [2.05, 4.69) is 10.1 Å². The van der Waals surface area contributed by atoms with Crippen LogP contribution in [-0.2, 0) is 13.6 Å². The van der Waals surface area contributed by atoms with Crippen LogP contribution < -0.4 is 10.5 Å². The second-order valence-corrected chi connectivity index (χ2v) is 4.36. The number of para-hydroxylation sites is 1. The first-order chi connectivity index (χ1) is 9.19. The Kier molecular flexibility index (Phi) is 2.63. The lowest BCUT2D eigenvalue weighted by atomic mass is 10.3. The molecule has 0 fully saturated rings. The third-order valence-corrected chi connectivity index (χ3v) is 3.08. The number of nitrogens with zero attached hydrogens (tertiary/aromatic N) is 4. The van der Waals surface area contributed by atoms with E-state index in [1.807, 2.05) is 42.1 Å². The highest BCUT2D eigenvalue weighted by Crippen LogP contribution is 2.27. The average molecular weight is 257 g/mol. The molecule has 2 N–H and O–H groups in total. The minimum atomic E-state index is 0.463. The van der Waals surface area contributed by atoms with Gasteiger partial charge in [0.05, 0.1) is 24.9 Å². The molecule has 0 radical (unpaired) electrons. The first-order valence-electron chi connectivity index (χ1n) is 5.96. The second kappa shape index (κ2) is 4.31. The molecule has 0 saturated heterocycles. The number of anilines is 1. The predicted molar refractivity (Wildman–Crippen MR) is 73.0 cm³/mol. The Hall–Kier alpha value is -2.50. The highest BCUT2D eigenvalue weighted by molar-refractivity contribution is 5.84. The molecule has 19 heavy (non-hydrogen) atoms. The Balaban J connectivity index is 2.10. The fraction of sp³-hybridized carbons (Fsp3) is 0.231. The number of hydrogen-bond donors (Lipinski definition) is 1. The number of nitrogen functional groups attached to an aromatic ring is 1. The van der Waals surface area contributed by atoms with Crippen molar-refractivity contribution in [2.24, 2.45) is 7.05 Å². The minimum absolute atomic E-state index is 0.463. The molecular weight excluding hydrogens is 242 g/mol. The summed E-state index contributed by atoms with van der Waals surface area (Å²) in [6.45, 7) is 0.594. The molecule has 3 rings (SSSR count). The molecule has 6 nitrogen and oxygen atoms in total. The molecule has 0 saturated carbocycles. The zero-order valence-corrected chi connectivity index (χ0v) is 10.9. The fourth-order valence-electron chi connectivity index (χ4n) is 2.18. The monoisotopic (exact) mass is 257 g/mol. The van der Waals surface area contributed by atoms with Gasteiger partial charge < -0.3 is 15.0 Å². The molecule has 0 atom stereocenters. The maximum Gasteiger partial charge on any atom is 0.201 e. The van der Waals surface area contributed by atoms with E-state index in [-0.39, 0.29) is 0 Å². The van der Waals surface area contributed by atoms with Gasteiger partial charge in [0.2, 0.25) is 5.95 Å². The molecule has 0 aliphatic heterocycles. The highest BCUT2D eigenvalue weighted by atomic mass is 16.5. The van der Waals surface area contributed by atoms with Crippen molar-refractivity contribution in [3.05, 3.63) is 36.2 Å². The van der Waals surface area contributed by atoms with Gasteiger partial charge in [-0.3, -0.25) is 4.68 Å². The van der Waals surface area contributed by atoms with Gasteiger partial charge in [0.15, 0.2) is 0 Å². The van der Waals surface area contributed by atoms with Crippen molar-refractivity contribution in [1.82, 2.24) is 19.3 Å². The van der Waals surface area contributed by atoms with Crippen LogP contribution in [0.5, 0.6) is 5.75 Å². The summed E-state index contributed by atoms with van der Waals surface area (Å²) >= 11 is 0. The van der Waals surface area contributed by atoms with E-state index >= 15 is 0 Å². The van der Waals surface area contributed by atoms with Crippen LogP contribution in [0.25, 0.3) is 11.0 Å². The van der Waals surface area contributed by atoms with Gasteiger partial charge in [0.25, 0.3) is 0 Å².